The third-order valence-corrected chi connectivity index (χ3v) is 4.28. The molecule has 0 bridgehead atoms. The molecule has 1 aromatic carbocycles. The van der Waals surface area contributed by atoms with Gasteiger partial charge in [0.15, 0.2) is 0 Å². The number of rotatable bonds is 9. The maximum atomic E-state index is 5.20. The van der Waals surface area contributed by atoms with Gasteiger partial charge in [-0.15, -0.1) is 0 Å². The predicted octanol–water partition coefficient (Wildman–Crippen LogP) is 4.40. The largest absolute Gasteiger partial charge is 0.385 e. The molecule has 0 aromatic heterocycles. The lowest BCUT2D eigenvalue weighted by Crippen LogP contribution is -2.39. The van der Waals surface area contributed by atoms with Crippen LogP contribution in [0.3, 0.4) is 0 Å². The third kappa shape index (κ3) is 6.62. The maximum absolute atomic E-state index is 5.20. The topological polar surface area (TPSA) is 21.3 Å². The second-order valence-corrected chi connectivity index (χ2v) is 7.64. The fourth-order valence-corrected chi connectivity index (χ4v) is 2.76. The summed E-state index contributed by atoms with van der Waals surface area (Å²) in [5.74, 6) is 0. The molecule has 1 atom stereocenters. The van der Waals surface area contributed by atoms with Crippen LogP contribution in [0.15, 0.2) is 30.3 Å². The maximum Gasteiger partial charge on any atom is 0.0467 e. The monoisotopic (exact) mass is 291 g/mol. The van der Waals surface area contributed by atoms with E-state index < -0.39 is 0 Å². The van der Waals surface area contributed by atoms with Crippen molar-refractivity contribution in [2.45, 2.75) is 58.9 Å². The van der Waals surface area contributed by atoms with Gasteiger partial charge in [-0.2, -0.15) is 0 Å². The first-order valence-corrected chi connectivity index (χ1v) is 8.05. The Morgan fingerprint density at radius 2 is 1.71 bits per heavy atom. The van der Waals surface area contributed by atoms with Crippen molar-refractivity contribution in [3.8, 4) is 0 Å². The number of benzene rings is 1. The lowest BCUT2D eigenvalue weighted by atomic mass is 9.79. The standard InChI is InChI=1S/C19H33NO/c1-16(20-15-18(2,3)12-13-21-6)14-19(4,5)17-10-8-7-9-11-17/h7-11,16,20H,12-15H2,1-6H3. The van der Waals surface area contributed by atoms with E-state index in [9.17, 15) is 0 Å². The molecule has 0 aliphatic heterocycles. The van der Waals surface area contributed by atoms with Crippen LogP contribution >= 0.6 is 0 Å². The average Bonchev–Trinajstić information content (AvgIpc) is 2.44. The molecule has 21 heavy (non-hydrogen) atoms. The van der Waals surface area contributed by atoms with Gasteiger partial charge in [0.1, 0.15) is 0 Å². The minimum absolute atomic E-state index is 0.199. The van der Waals surface area contributed by atoms with E-state index in [0.29, 0.717) is 6.04 Å². The van der Waals surface area contributed by atoms with Crippen molar-refractivity contribution >= 4 is 0 Å². The smallest absolute Gasteiger partial charge is 0.0467 e. The Morgan fingerprint density at radius 1 is 1.10 bits per heavy atom. The molecule has 2 nitrogen and oxygen atoms in total. The minimum Gasteiger partial charge on any atom is -0.385 e. The van der Waals surface area contributed by atoms with E-state index in [0.717, 1.165) is 26.0 Å². The molecule has 0 aliphatic carbocycles. The van der Waals surface area contributed by atoms with Crippen LogP contribution in [-0.2, 0) is 10.2 Å². The number of ether oxygens (including phenoxy) is 1. The lowest BCUT2D eigenvalue weighted by Gasteiger charge is -2.32. The molecule has 1 unspecified atom stereocenters. The minimum atomic E-state index is 0.199. The van der Waals surface area contributed by atoms with E-state index in [1.807, 2.05) is 0 Å². The van der Waals surface area contributed by atoms with Crippen LogP contribution in [0.25, 0.3) is 0 Å². The summed E-state index contributed by atoms with van der Waals surface area (Å²) in [5, 5.41) is 3.70. The molecule has 0 heterocycles. The number of nitrogens with one attached hydrogen (secondary N) is 1. The molecule has 0 saturated heterocycles. The quantitative estimate of drug-likeness (QED) is 0.728. The van der Waals surface area contributed by atoms with Gasteiger partial charge in [-0.1, -0.05) is 58.0 Å². The summed E-state index contributed by atoms with van der Waals surface area (Å²) >= 11 is 0. The number of hydrogen-bond acceptors (Lipinski definition) is 2. The van der Waals surface area contributed by atoms with Gasteiger partial charge in [0.25, 0.3) is 0 Å². The van der Waals surface area contributed by atoms with Crippen LogP contribution in [-0.4, -0.2) is 26.3 Å². The summed E-state index contributed by atoms with van der Waals surface area (Å²) in [6.07, 6.45) is 2.22. The Bertz CT molecular complexity index is 397. The van der Waals surface area contributed by atoms with Gasteiger partial charge in [0.2, 0.25) is 0 Å². The fraction of sp³-hybridized carbons (Fsp3) is 0.684. The van der Waals surface area contributed by atoms with E-state index >= 15 is 0 Å². The Labute approximate surface area is 131 Å². The molecule has 1 N–H and O–H groups in total. The predicted molar refractivity (Wildman–Crippen MR) is 91.8 cm³/mol. The molecular weight excluding hydrogens is 258 g/mol. The highest BCUT2D eigenvalue weighted by Gasteiger charge is 2.24. The zero-order valence-corrected chi connectivity index (χ0v) is 14.7. The van der Waals surface area contributed by atoms with Crippen LogP contribution in [0.1, 0.15) is 53.0 Å². The van der Waals surface area contributed by atoms with Crippen LogP contribution in [0, 0.1) is 5.41 Å². The van der Waals surface area contributed by atoms with Crippen molar-refractivity contribution in [3.05, 3.63) is 35.9 Å². The first kappa shape index (κ1) is 18.2. The van der Waals surface area contributed by atoms with Crippen molar-refractivity contribution in [1.82, 2.24) is 5.32 Å². The van der Waals surface area contributed by atoms with E-state index in [1.165, 1.54) is 5.56 Å². The molecule has 0 spiro atoms. The van der Waals surface area contributed by atoms with E-state index in [2.05, 4.69) is 70.3 Å². The summed E-state index contributed by atoms with van der Waals surface area (Å²) in [6.45, 7) is 13.4. The molecule has 120 valence electrons. The van der Waals surface area contributed by atoms with Crippen LogP contribution in [0.4, 0.5) is 0 Å². The molecular formula is C19H33NO. The van der Waals surface area contributed by atoms with Crippen molar-refractivity contribution in [2.24, 2.45) is 5.41 Å². The van der Waals surface area contributed by atoms with Gasteiger partial charge >= 0.3 is 0 Å². The van der Waals surface area contributed by atoms with Gasteiger partial charge in [-0.05, 0) is 36.2 Å². The van der Waals surface area contributed by atoms with Gasteiger partial charge in [-0.3, -0.25) is 0 Å². The normalized spacial score (nSPS) is 14.2. The molecule has 0 radical (unpaired) electrons. The Morgan fingerprint density at radius 3 is 2.29 bits per heavy atom. The van der Waals surface area contributed by atoms with Crippen molar-refractivity contribution < 1.29 is 4.74 Å². The average molecular weight is 291 g/mol. The zero-order chi connectivity index (χ0) is 15.9. The van der Waals surface area contributed by atoms with Crippen LogP contribution < -0.4 is 5.32 Å². The first-order chi connectivity index (χ1) is 9.77. The highest BCUT2D eigenvalue weighted by molar-refractivity contribution is 5.23. The number of hydrogen-bond donors (Lipinski definition) is 1. The molecule has 1 aromatic rings. The van der Waals surface area contributed by atoms with Gasteiger partial charge in [-0.25, -0.2) is 0 Å². The number of methoxy groups -OCH3 is 1. The molecule has 1 rings (SSSR count). The zero-order valence-electron chi connectivity index (χ0n) is 14.7. The molecule has 0 saturated carbocycles. The highest BCUT2D eigenvalue weighted by atomic mass is 16.5. The van der Waals surface area contributed by atoms with Crippen molar-refractivity contribution in [1.29, 1.82) is 0 Å². The second kappa shape index (κ2) is 7.95. The summed E-state index contributed by atoms with van der Waals surface area (Å²) in [7, 11) is 1.77. The summed E-state index contributed by atoms with van der Waals surface area (Å²) in [4.78, 5) is 0. The second-order valence-electron chi connectivity index (χ2n) is 7.64. The Hall–Kier alpha value is -0.860. The van der Waals surface area contributed by atoms with E-state index in [4.69, 9.17) is 4.74 Å². The first-order valence-electron chi connectivity index (χ1n) is 8.05. The van der Waals surface area contributed by atoms with Gasteiger partial charge in [0.05, 0.1) is 0 Å². The van der Waals surface area contributed by atoms with Gasteiger partial charge in [0, 0.05) is 26.3 Å². The molecule has 2 heteroatoms. The SMILES string of the molecule is COCCC(C)(C)CNC(C)CC(C)(C)c1ccccc1. The van der Waals surface area contributed by atoms with Crippen molar-refractivity contribution in [3.63, 3.8) is 0 Å². The van der Waals surface area contributed by atoms with E-state index in [1.54, 1.807) is 7.11 Å². The molecule has 0 amide bonds. The summed E-state index contributed by atoms with van der Waals surface area (Å²) < 4.78 is 5.20. The van der Waals surface area contributed by atoms with Crippen molar-refractivity contribution in [2.75, 3.05) is 20.3 Å². The van der Waals surface area contributed by atoms with Crippen LogP contribution in [0.2, 0.25) is 0 Å². The van der Waals surface area contributed by atoms with Crippen LogP contribution in [0.5, 0.6) is 0 Å². The Kier molecular flexibility index (Phi) is 6.89. The summed E-state index contributed by atoms with van der Waals surface area (Å²) in [5.41, 5.74) is 1.89. The molecule has 0 fully saturated rings. The fourth-order valence-electron chi connectivity index (χ4n) is 2.76. The van der Waals surface area contributed by atoms with E-state index in [-0.39, 0.29) is 10.8 Å². The summed E-state index contributed by atoms with van der Waals surface area (Å²) in [6, 6.07) is 11.3. The third-order valence-electron chi connectivity index (χ3n) is 4.28. The highest BCUT2D eigenvalue weighted by Crippen LogP contribution is 2.28. The van der Waals surface area contributed by atoms with Gasteiger partial charge < -0.3 is 10.1 Å². The Balaban J connectivity index is 2.48. The lowest BCUT2D eigenvalue weighted by molar-refractivity contribution is 0.148. The molecule has 0 aliphatic rings.